The van der Waals surface area contributed by atoms with Gasteiger partial charge in [0.1, 0.15) is 4.47 Å². The van der Waals surface area contributed by atoms with Crippen molar-refractivity contribution in [3.63, 3.8) is 0 Å². The van der Waals surface area contributed by atoms with E-state index in [0.717, 1.165) is 12.1 Å². The normalized spacial score (nSPS) is 22.8. The second-order valence-electron chi connectivity index (χ2n) is 4.93. The molecule has 5 nitrogen and oxygen atoms in total. The number of thioether (sulfide) groups is 1. The van der Waals surface area contributed by atoms with Crippen LogP contribution >= 0.6 is 27.7 Å². The van der Waals surface area contributed by atoms with Crippen LogP contribution in [-0.4, -0.2) is 39.0 Å². The molecule has 2 rings (SSSR count). The highest BCUT2D eigenvalue weighted by atomic mass is 79.9. The highest BCUT2D eigenvalue weighted by Crippen LogP contribution is 2.30. The molecule has 1 aromatic rings. The summed E-state index contributed by atoms with van der Waals surface area (Å²) in [5, 5.41) is 17.0. The third kappa shape index (κ3) is 3.56. The molecule has 0 aromatic carbocycles. The van der Waals surface area contributed by atoms with Gasteiger partial charge in [-0.3, -0.25) is 4.79 Å². The number of anilines is 1. The van der Waals surface area contributed by atoms with E-state index in [1.807, 2.05) is 11.8 Å². The van der Waals surface area contributed by atoms with Gasteiger partial charge in [-0.25, -0.2) is 4.68 Å². The lowest BCUT2D eigenvalue weighted by molar-refractivity contribution is 0.266. The molecule has 1 saturated carbocycles. The molecular formula is C13H20BrN3O2S. The largest absolute Gasteiger partial charge is 0.394 e. The Bertz CT molecular complexity index is 509. The summed E-state index contributed by atoms with van der Waals surface area (Å²) < 4.78 is 1.76. The molecule has 1 aliphatic rings. The van der Waals surface area contributed by atoms with Crippen LogP contribution in [0.3, 0.4) is 0 Å². The first-order valence-corrected chi connectivity index (χ1v) is 8.91. The fourth-order valence-electron chi connectivity index (χ4n) is 2.56. The van der Waals surface area contributed by atoms with Crippen LogP contribution in [0.4, 0.5) is 5.69 Å². The summed E-state index contributed by atoms with van der Waals surface area (Å²) in [4.78, 5) is 12.1. The monoisotopic (exact) mass is 361 g/mol. The molecule has 1 aromatic heterocycles. The molecule has 2 atom stereocenters. The lowest BCUT2D eigenvalue weighted by atomic mass is 9.95. The molecule has 7 heteroatoms. The molecule has 0 spiro atoms. The van der Waals surface area contributed by atoms with Crippen molar-refractivity contribution in [2.75, 3.05) is 18.2 Å². The molecule has 1 heterocycles. The number of hydrogen-bond donors (Lipinski definition) is 2. The van der Waals surface area contributed by atoms with Crippen molar-refractivity contribution in [2.24, 2.45) is 0 Å². The fourth-order valence-corrected chi connectivity index (χ4v) is 3.92. The summed E-state index contributed by atoms with van der Waals surface area (Å²) in [5.74, 6) is 0. The SMILES string of the molecule is CSC1CCCCC1Nc1cnn(CCO)c(=O)c1Br. The van der Waals surface area contributed by atoms with Crippen LogP contribution in [0.5, 0.6) is 0 Å². The maximum absolute atomic E-state index is 12.1. The molecule has 0 amide bonds. The van der Waals surface area contributed by atoms with E-state index in [-0.39, 0.29) is 18.7 Å². The fraction of sp³-hybridized carbons (Fsp3) is 0.692. The molecule has 2 unspecified atom stereocenters. The van der Waals surface area contributed by atoms with Gasteiger partial charge >= 0.3 is 0 Å². The Kier molecular flexibility index (Phi) is 5.92. The van der Waals surface area contributed by atoms with Crippen molar-refractivity contribution in [3.8, 4) is 0 Å². The summed E-state index contributed by atoms with van der Waals surface area (Å²) in [6.45, 7) is 0.123. The zero-order valence-electron chi connectivity index (χ0n) is 11.5. The number of nitrogens with one attached hydrogen (secondary N) is 1. The zero-order chi connectivity index (χ0) is 14.5. The Morgan fingerprint density at radius 2 is 2.30 bits per heavy atom. The number of aliphatic hydroxyl groups excluding tert-OH is 1. The predicted molar refractivity (Wildman–Crippen MR) is 86.5 cm³/mol. The summed E-state index contributed by atoms with van der Waals surface area (Å²) in [6.07, 6.45) is 8.63. The number of aromatic nitrogens is 2. The van der Waals surface area contributed by atoms with Crippen molar-refractivity contribution in [3.05, 3.63) is 21.0 Å². The molecule has 0 bridgehead atoms. The molecule has 1 fully saturated rings. The molecule has 0 aliphatic heterocycles. The van der Waals surface area contributed by atoms with E-state index in [1.54, 1.807) is 6.20 Å². The number of halogens is 1. The third-order valence-electron chi connectivity index (χ3n) is 3.64. The highest BCUT2D eigenvalue weighted by Gasteiger charge is 2.25. The van der Waals surface area contributed by atoms with Gasteiger partial charge in [-0.1, -0.05) is 12.8 Å². The van der Waals surface area contributed by atoms with E-state index >= 15 is 0 Å². The maximum atomic E-state index is 12.1. The van der Waals surface area contributed by atoms with Crippen LogP contribution in [0.2, 0.25) is 0 Å². The molecule has 0 radical (unpaired) electrons. The first kappa shape index (κ1) is 15.9. The van der Waals surface area contributed by atoms with Gasteiger partial charge in [0, 0.05) is 11.3 Å². The van der Waals surface area contributed by atoms with Gasteiger partial charge in [0.2, 0.25) is 0 Å². The third-order valence-corrected chi connectivity index (χ3v) is 5.58. The summed E-state index contributed by atoms with van der Waals surface area (Å²) in [5.41, 5.74) is 0.538. The number of rotatable bonds is 5. The Labute approximate surface area is 131 Å². The van der Waals surface area contributed by atoms with Gasteiger partial charge < -0.3 is 10.4 Å². The minimum Gasteiger partial charge on any atom is -0.394 e. The van der Waals surface area contributed by atoms with Crippen LogP contribution in [0, 0.1) is 0 Å². The molecule has 20 heavy (non-hydrogen) atoms. The minimum absolute atomic E-state index is 0.0940. The lowest BCUT2D eigenvalue weighted by Gasteiger charge is -2.31. The Morgan fingerprint density at radius 3 is 3.00 bits per heavy atom. The van der Waals surface area contributed by atoms with Gasteiger partial charge in [0.25, 0.3) is 5.56 Å². The highest BCUT2D eigenvalue weighted by molar-refractivity contribution is 9.10. The summed E-state index contributed by atoms with van der Waals surface area (Å²) in [6, 6.07) is 0.380. The smallest absolute Gasteiger partial charge is 0.283 e. The number of hydrogen-bond acceptors (Lipinski definition) is 5. The Morgan fingerprint density at radius 1 is 1.55 bits per heavy atom. The van der Waals surface area contributed by atoms with E-state index in [1.165, 1.54) is 23.9 Å². The van der Waals surface area contributed by atoms with Crippen LogP contribution in [-0.2, 0) is 6.54 Å². The van der Waals surface area contributed by atoms with Crippen molar-refractivity contribution in [1.29, 1.82) is 0 Å². The molecule has 112 valence electrons. The van der Waals surface area contributed by atoms with E-state index in [0.29, 0.717) is 15.8 Å². The summed E-state index contributed by atoms with van der Waals surface area (Å²) >= 11 is 5.23. The van der Waals surface area contributed by atoms with Gasteiger partial charge in [-0.05, 0) is 35.0 Å². The van der Waals surface area contributed by atoms with E-state index in [9.17, 15) is 4.79 Å². The molecule has 2 N–H and O–H groups in total. The summed E-state index contributed by atoms with van der Waals surface area (Å²) in [7, 11) is 0. The maximum Gasteiger partial charge on any atom is 0.283 e. The van der Waals surface area contributed by atoms with Crippen molar-refractivity contribution in [1.82, 2.24) is 9.78 Å². The topological polar surface area (TPSA) is 67.2 Å². The Hall–Kier alpha value is -0.530. The number of nitrogens with zero attached hydrogens (tertiary/aromatic N) is 2. The Balaban J connectivity index is 2.17. The number of aliphatic hydroxyl groups is 1. The van der Waals surface area contributed by atoms with Crippen molar-refractivity contribution < 1.29 is 5.11 Å². The lowest BCUT2D eigenvalue weighted by Crippen LogP contribution is -2.35. The second-order valence-corrected chi connectivity index (χ2v) is 6.80. The van der Waals surface area contributed by atoms with Gasteiger partial charge in [0.05, 0.1) is 25.0 Å². The van der Waals surface area contributed by atoms with Crippen molar-refractivity contribution >= 4 is 33.4 Å². The molecule has 1 aliphatic carbocycles. The molecular weight excluding hydrogens is 342 g/mol. The van der Waals surface area contributed by atoms with E-state index in [4.69, 9.17) is 5.11 Å². The van der Waals surface area contributed by atoms with Gasteiger partial charge in [0.15, 0.2) is 0 Å². The quantitative estimate of drug-likeness (QED) is 0.840. The average molecular weight is 362 g/mol. The molecule has 0 saturated heterocycles. The minimum atomic E-state index is -0.208. The van der Waals surface area contributed by atoms with Crippen LogP contribution in [0.25, 0.3) is 0 Å². The van der Waals surface area contributed by atoms with Crippen LogP contribution in [0.1, 0.15) is 25.7 Å². The first-order valence-electron chi connectivity index (χ1n) is 6.83. The zero-order valence-corrected chi connectivity index (χ0v) is 13.9. The van der Waals surface area contributed by atoms with Crippen LogP contribution in [0.15, 0.2) is 15.5 Å². The standard InChI is InChI=1S/C13H20BrN3O2S/c1-20-11-5-3-2-4-9(11)16-10-8-15-17(6-7-18)13(19)12(10)14/h8-9,11,16,18H,2-7H2,1H3. The van der Waals surface area contributed by atoms with E-state index < -0.39 is 0 Å². The predicted octanol–water partition coefficient (Wildman–Crippen LogP) is 2.08. The van der Waals surface area contributed by atoms with Crippen molar-refractivity contribution in [2.45, 2.75) is 43.5 Å². The van der Waals surface area contributed by atoms with Gasteiger partial charge in [-0.2, -0.15) is 16.9 Å². The van der Waals surface area contributed by atoms with E-state index in [2.05, 4.69) is 32.6 Å². The van der Waals surface area contributed by atoms with Crippen LogP contribution < -0.4 is 10.9 Å². The first-order chi connectivity index (χ1) is 9.67. The van der Waals surface area contributed by atoms with Gasteiger partial charge in [-0.15, -0.1) is 0 Å². The second kappa shape index (κ2) is 7.47. The average Bonchev–Trinajstić information content (AvgIpc) is 2.47.